The molecule has 0 saturated heterocycles. The number of hydrogen-bond acceptors (Lipinski definition) is 5. The van der Waals surface area contributed by atoms with E-state index in [0.717, 1.165) is 18.4 Å². The molecular formula is C19H19N3O3. The zero-order valence-corrected chi connectivity index (χ0v) is 14.2. The van der Waals surface area contributed by atoms with Crippen LogP contribution in [0.2, 0.25) is 0 Å². The number of pyridine rings is 1. The molecule has 1 fully saturated rings. The van der Waals surface area contributed by atoms with Crippen LogP contribution < -0.4 is 9.64 Å². The summed E-state index contributed by atoms with van der Waals surface area (Å²) < 4.78 is 11.3. The minimum atomic E-state index is -0.155. The Morgan fingerprint density at radius 2 is 2.04 bits per heavy atom. The van der Waals surface area contributed by atoms with Gasteiger partial charge in [0.25, 0.3) is 5.91 Å². The van der Waals surface area contributed by atoms with E-state index in [0.29, 0.717) is 23.0 Å². The highest BCUT2D eigenvalue weighted by molar-refractivity contribution is 6.05. The lowest BCUT2D eigenvalue weighted by molar-refractivity contribution is 0.0979. The second kappa shape index (κ2) is 6.20. The average Bonchev–Trinajstić information content (AvgIpc) is 3.33. The Morgan fingerprint density at radius 1 is 1.24 bits per heavy atom. The van der Waals surface area contributed by atoms with Crippen molar-refractivity contribution in [1.29, 1.82) is 0 Å². The summed E-state index contributed by atoms with van der Waals surface area (Å²) in [5.41, 5.74) is 1.91. The van der Waals surface area contributed by atoms with Crippen LogP contribution in [0.1, 0.15) is 37.0 Å². The topological polar surface area (TPSA) is 68.5 Å². The number of anilines is 1. The minimum Gasteiger partial charge on any atom is -0.475 e. The lowest BCUT2D eigenvalue weighted by Crippen LogP contribution is -2.33. The first-order valence-corrected chi connectivity index (χ1v) is 8.43. The van der Waals surface area contributed by atoms with Crippen molar-refractivity contribution in [3.63, 3.8) is 0 Å². The third-order valence-corrected chi connectivity index (χ3v) is 3.96. The molecule has 6 heteroatoms. The summed E-state index contributed by atoms with van der Waals surface area (Å²) >= 11 is 0. The Morgan fingerprint density at radius 3 is 2.68 bits per heavy atom. The highest BCUT2D eigenvalue weighted by Gasteiger charge is 2.37. The first kappa shape index (κ1) is 15.6. The Bertz CT molecular complexity index is 865. The molecule has 3 aromatic rings. The number of fused-ring (bicyclic) bond motifs is 1. The van der Waals surface area contributed by atoms with E-state index < -0.39 is 0 Å². The highest BCUT2D eigenvalue weighted by atomic mass is 16.5. The number of amides is 1. The van der Waals surface area contributed by atoms with E-state index >= 15 is 0 Å². The van der Waals surface area contributed by atoms with E-state index in [4.69, 9.17) is 9.15 Å². The van der Waals surface area contributed by atoms with Gasteiger partial charge in [-0.15, -0.1) is 0 Å². The van der Waals surface area contributed by atoms with Crippen molar-refractivity contribution in [2.45, 2.75) is 38.8 Å². The number of oxazole rings is 1. The largest absolute Gasteiger partial charge is 0.475 e. The third kappa shape index (κ3) is 3.20. The molecule has 2 aromatic heterocycles. The van der Waals surface area contributed by atoms with Crippen LogP contribution in [0.25, 0.3) is 11.1 Å². The van der Waals surface area contributed by atoms with Crippen LogP contribution in [0.15, 0.2) is 47.0 Å². The Kier molecular flexibility index (Phi) is 3.87. The van der Waals surface area contributed by atoms with Gasteiger partial charge in [0.05, 0.1) is 11.7 Å². The quantitative estimate of drug-likeness (QED) is 0.708. The van der Waals surface area contributed by atoms with E-state index in [2.05, 4.69) is 9.97 Å². The van der Waals surface area contributed by atoms with Crippen molar-refractivity contribution >= 4 is 23.0 Å². The summed E-state index contributed by atoms with van der Waals surface area (Å²) in [4.78, 5) is 23.3. The standard InChI is InChI=1S/C19H19N3O3/c1-12(2)24-17-10-7-13(11-20-17)18(23)22(14-8-9-14)19-21-15-5-3-4-6-16(15)25-19/h3-7,10-12,14H,8-9H2,1-2H3. The number of aromatic nitrogens is 2. The molecule has 128 valence electrons. The molecule has 1 amide bonds. The lowest BCUT2D eigenvalue weighted by atomic mass is 10.2. The number of rotatable bonds is 5. The summed E-state index contributed by atoms with van der Waals surface area (Å²) in [5.74, 6) is 0.351. The molecule has 0 atom stereocenters. The molecule has 1 aromatic carbocycles. The van der Waals surface area contributed by atoms with E-state index in [1.165, 1.54) is 6.20 Å². The van der Waals surface area contributed by atoms with Gasteiger partial charge in [0.1, 0.15) is 5.52 Å². The molecule has 0 radical (unpaired) electrons. The summed E-state index contributed by atoms with van der Waals surface area (Å²) in [6.45, 7) is 3.87. The highest BCUT2D eigenvalue weighted by Crippen LogP contribution is 2.34. The van der Waals surface area contributed by atoms with Gasteiger partial charge in [-0.1, -0.05) is 12.1 Å². The van der Waals surface area contributed by atoms with Gasteiger partial charge in [-0.05, 0) is 44.9 Å². The van der Waals surface area contributed by atoms with Crippen molar-refractivity contribution in [1.82, 2.24) is 9.97 Å². The Hall–Kier alpha value is -2.89. The van der Waals surface area contributed by atoms with Gasteiger partial charge in [0.2, 0.25) is 5.88 Å². The normalized spacial score (nSPS) is 14.0. The van der Waals surface area contributed by atoms with Crippen LogP contribution in [0.3, 0.4) is 0 Å². The van der Waals surface area contributed by atoms with Crippen molar-refractivity contribution in [3.8, 4) is 5.88 Å². The average molecular weight is 337 g/mol. The Labute approximate surface area is 145 Å². The maximum atomic E-state index is 13.0. The molecule has 4 rings (SSSR count). The zero-order chi connectivity index (χ0) is 17.4. The second-order valence-corrected chi connectivity index (χ2v) is 6.42. The SMILES string of the molecule is CC(C)Oc1ccc(C(=O)N(c2nc3ccccc3o2)C2CC2)cn1. The van der Waals surface area contributed by atoms with Gasteiger partial charge in [-0.25, -0.2) is 4.98 Å². The molecule has 1 aliphatic carbocycles. The molecule has 1 saturated carbocycles. The molecule has 25 heavy (non-hydrogen) atoms. The third-order valence-electron chi connectivity index (χ3n) is 3.96. The smallest absolute Gasteiger partial charge is 0.305 e. The van der Waals surface area contributed by atoms with Crippen molar-refractivity contribution < 1.29 is 13.9 Å². The molecule has 0 aliphatic heterocycles. The molecule has 0 spiro atoms. The van der Waals surface area contributed by atoms with Crippen LogP contribution in [0, 0.1) is 0 Å². The van der Waals surface area contributed by atoms with Crippen LogP contribution >= 0.6 is 0 Å². The number of carbonyl (C=O) groups is 1. The van der Waals surface area contributed by atoms with E-state index in [-0.39, 0.29) is 18.1 Å². The maximum Gasteiger partial charge on any atom is 0.305 e. The fourth-order valence-electron chi connectivity index (χ4n) is 2.66. The van der Waals surface area contributed by atoms with Crippen molar-refractivity contribution in [2.75, 3.05) is 4.90 Å². The first-order chi connectivity index (χ1) is 12.1. The van der Waals surface area contributed by atoms with Gasteiger partial charge in [0, 0.05) is 18.3 Å². The van der Waals surface area contributed by atoms with E-state index in [1.807, 2.05) is 38.1 Å². The van der Waals surface area contributed by atoms with Crippen LogP contribution in [-0.4, -0.2) is 28.0 Å². The van der Waals surface area contributed by atoms with Gasteiger partial charge in [0.15, 0.2) is 5.58 Å². The number of benzene rings is 1. The van der Waals surface area contributed by atoms with Crippen LogP contribution in [-0.2, 0) is 0 Å². The second-order valence-electron chi connectivity index (χ2n) is 6.42. The molecule has 0 bridgehead atoms. The number of nitrogens with zero attached hydrogens (tertiary/aromatic N) is 3. The maximum absolute atomic E-state index is 13.0. The predicted octanol–water partition coefficient (Wildman–Crippen LogP) is 3.82. The van der Waals surface area contributed by atoms with E-state index in [9.17, 15) is 4.79 Å². The summed E-state index contributed by atoms with van der Waals surface area (Å²) in [6.07, 6.45) is 3.48. The molecule has 0 unspecified atom stereocenters. The molecule has 0 N–H and O–H groups in total. The number of carbonyl (C=O) groups excluding carboxylic acids is 1. The van der Waals surface area contributed by atoms with E-state index in [1.54, 1.807) is 17.0 Å². The van der Waals surface area contributed by atoms with Crippen molar-refractivity contribution in [3.05, 3.63) is 48.2 Å². The number of ether oxygens (including phenoxy) is 1. The Balaban J connectivity index is 1.63. The van der Waals surface area contributed by atoms with Crippen LogP contribution in [0.5, 0.6) is 5.88 Å². The minimum absolute atomic E-state index is 0.0387. The van der Waals surface area contributed by atoms with Gasteiger partial charge < -0.3 is 9.15 Å². The van der Waals surface area contributed by atoms with Crippen molar-refractivity contribution in [2.24, 2.45) is 0 Å². The number of hydrogen-bond donors (Lipinski definition) is 0. The first-order valence-electron chi connectivity index (χ1n) is 8.43. The lowest BCUT2D eigenvalue weighted by Gasteiger charge is -2.18. The molecule has 6 nitrogen and oxygen atoms in total. The van der Waals surface area contributed by atoms with Gasteiger partial charge in [-0.3, -0.25) is 9.69 Å². The fraction of sp³-hybridized carbons (Fsp3) is 0.316. The fourth-order valence-corrected chi connectivity index (χ4v) is 2.66. The summed E-state index contributed by atoms with van der Waals surface area (Å²) in [7, 11) is 0. The molecule has 1 aliphatic rings. The number of para-hydroxylation sites is 2. The van der Waals surface area contributed by atoms with Gasteiger partial charge >= 0.3 is 6.01 Å². The van der Waals surface area contributed by atoms with Gasteiger partial charge in [-0.2, -0.15) is 4.98 Å². The predicted molar refractivity (Wildman–Crippen MR) is 93.8 cm³/mol. The molecule has 2 heterocycles. The summed E-state index contributed by atoms with van der Waals surface area (Å²) in [6, 6.07) is 11.4. The molecular weight excluding hydrogens is 318 g/mol. The van der Waals surface area contributed by atoms with Crippen LogP contribution in [0.4, 0.5) is 6.01 Å². The monoisotopic (exact) mass is 337 g/mol. The zero-order valence-electron chi connectivity index (χ0n) is 14.2. The summed E-state index contributed by atoms with van der Waals surface area (Å²) in [5, 5.41) is 0.